The molecule has 1 fully saturated rings. The highest BCUT2D eigenvalue weighted by molar-refractivity contribution is 6.30. The molecule has 0 aromatic heterocycles. The van der Waals surface area contributed by atoms with Crippen molar-refractivity contribution in [3.05, 3.63) is 64.4 Å². The maximum atomic E-state index is 13.6. The van der Waals surface area contributed by atoms with Crippen LogP contribution in [0.2, 0.25) is 5.02 Å². The number of nitrogens with one attached hydrogen (secondary N) is 2. The molecule has 3 rings (SSSR count). The molecule has 2 aromatic carbocycles. The molecule has 0 radical (unpaired) electrons. The van der Waals surface area contributed by atoms with E-state index in [1.807, 2.05) is 0 Å². The lowest BCUT2D eigenvalue weighted by Gasteiger charge is -2.31. The predicted molar refractivity (Wildman–Crippen MR) is 108 cm³/mol. The van der Waals surface area contributed by atoms with Crippen molar-refractivity contribution < 1.29 is 27.6 Å². The zero-order chi connectivity index (χ0) is 22.5. The zero-order valence-corrected chi connectivity index (χ0v) is 17.0. The lowest BCUT2D eigenvalue weighted by Crippen LogP contribution is -2.44. The zero-order valence-electron chi connectivity index (χ0n) is 16.3. The molecule has 0 bridgehead atoms. The second kappa shape index (κ2) is 9.82. The first-order valence-electron chi connectivity index (χ1n) is 9.52. The maximum absolute atomic E-state index is 13.6. The van der Waals surface area contributed by atoms with Gasteiger partial charge in [-0.05, 0) is 49.2 Å². The first-order valence-corrected chi connectivity index (χ1v) is 9.90. The van der Waals surface area contributed by atoms with Gasteiger partial charge in [-0.25, -0.2) is 13.2 Å². The van der Waals surface area contributed by atoms with E-state index in [4.69, 9.17) is 11.6 Å². The average molecular weight is 454 g/mol. The molecule has 0 atom stereocenters. The van der Waals surface area contributed by atoms with Crippen molar-refractivity contribution in [3.63, 3.8) is 0 Å². The van der Waals surface area contributed by atoms with Gasteiger partial charge in [0.25, 0.3) is 5.91 Å². The minimum atomic E-state index is -1.69. The molecular weight excluding hydrogens is 435 g/mol. The van der Waals surface area contributed by atoms with Gasteiger partial charge in [0, 0.05) is 29.6 Å². The quantitative estimate of drug-likeness (QED) is 0.681. The van der Waals surface area contributed by atoms with E-state index >= 15 is 0 Å². The van der Waals surface area contributed by atoms with E-state index in [0.717, 1.165) is 6.07 Å². The molecule has 31 heavy (non-hydrogen) atoms. The predicted octanol–water partition coefficient (Wildman–Crippen LogP) is 3.36. The van der Waals surface area contributed by atoms with Crippen molar-refractivity contribution in [1.82, 2.24) is 10.2 Å². The highest BCUT2D eigenvalue weighted by Gasteiger charge is 2.28. The molecule has 1 saturated heterocycles. The van der Waals surface area contributed by atoms with Crippen LogP contribution in [0.25, 0.3) is 0 Å². The minimum Gasteiger partial charge on any atom is -0.347 e. The average Bonchev–Trinajstić information content (AvgIpc) is 2.78. The number of anilines is 1. The Morgan fingerprint density at radius 1 is 0.968 bits per heavy atom. The summed E-state index contributed by atoms with van der Waals surface area (Å²) < 4.78 is 39.7. The number of hydrogen-bond donors (Lipinski definition) is 2. The topological polar surface area (TPSA) is 78.5 Å². The highest BCUT2D eigenvalue weighted by Crippen LogP contribution is 2.21. The number of likely N-dealkylation sites (tertiary alicyclic amines) is 1. The van der Waals surface area contributed by atoms with Gasteiger partial charge in [-0.3, -0.25) is 14.4 Å². The van der Waals surface area contributed by atoms with E-state index in [9.17, 15) is 27.6 Å². The third-order valence-corrected chi connectivity index (χ3v) is 5.23. The van der Waals surface area contributed by atoms with Crippen LogP contribution in [0.1, 0.15) is 23.2 Å². The van der Waals surface area contributed by atoms with Crippen molar-refractivity contribution in [3.8, 4) is 0 Å². The van der Waals surface area contributed by atoms with Gasteiger partial charge in [-0.15, -0.1) is 0 Å². The molecule has 0 saturated carbocycles. The van der Waals surface area contributed by atoms with Crippen molar-refractivity contribution in [2.45, 2.75) is 12.8 Å². The van der Waals surface area contributed by atoms with E-state index in [1.54, 1.807) is 29.2 Å². The number of nitrogens with zero attached hydrogens (tertiary/aromatic N) is 1. The summed E-state index contributed by atoms with van der Waals surface area (Å²) in [6, 6.07) is 8.11. The molecule has 0 aliphatic carbocycles. The van der Waals surface area contributed by atoms with Crippen molar-refractivity contribution >= 4 is 35.0 Å². The number of benzene rings is 2. The molecule has 164 valence electrons. The maximum Gasteiger partial charge on any atom is 0.253 e. The van der Waals surface area contributed by atoms with Crippen LogP contribution in [0.3, 0.4) is 0 Å². The first-order chi connectivity index (χ1) is 14.8. The van der Waals surface area contributed by atoms with Gasteiger partial charge >= 0.3 is 0 Å². The van der Waals surface area contributed by atoms with Gasteiger partial charge < -0.3 is 15.5 Å². The Morgan fingerprint density at radius 3 is 2.26 bits per heavy atom. The van der Waals surface area contributed by atoms with Gasteiger partial charge in [0.2, 0.25) is 11.8 Å². The van der Waals surface area contributed by atoms with Crippen molar-refractivity contribution in [1.29, 1.82) is 0 Å². The molecule has 1 aliphatic rings. The van der Waals surface area contributed by atoms with Crippen LogP contribution in [-0.4, -0.2) is 42.3 Å². The lowest BCUT2D eigenvalue weighted by atomic mass is 9.95. The Hall–Kier alpha value is -3.07. The van der Waals surface area contributed by atoms with Crippen LogP contribution in [0.15, 0.2) is 36.4 Å². The van der Waals surface area contributed by atoms with Gasteiger partial charge in [-0.2, -0.15) is 0 Å². The molecule has 2 N–H and O–H groups in total. The monoisotopic (exact) mass is 453 g/mol. The van der Waals surface area contributed by atoms with E-state index in [-0.39, 0.29) is 17.7 Å². The highest BCUT2D eigenvalue weighted by atomic mass is 35.5. The van der Waals surface area contributed by atoms with Crippen LogP contribution in [0.5, 0.6) is 0 Å². The summed E-state index contributed by atoms with van der Waals surface area (Å²) in [5, 5.41) is 5.05. The normalized spacial score (nSPS) is 14.3. The fraction of sp³-hybridized carbons (Fsp3) is 0.286. The molecular formula is C21H19ClF3N3O3. The fourth-order valence-corrected chi connectivity index (χ4v) is 3.37. The second-order valence-electron chi connectivity index (χ2n) is 7.06. The van der Waals surface area contributed by atoms with E-state index in [1.165, 1.54) is 0 Å². The van der Waals surface area contributed by atoms with E-state index in [2.05, 4.69) is 10.6 Å². The molecule has 2 aromatic rings. The molecule has 3 amide bonds. The summed E-state index contributed by atoms with van der Waals surface area (Å²) in [4.78, 5) is 38.4. The summed E-state index contributed by atoms with van der Waals surface area (Å²) in [6.07, 6.45) is 0.842. The number of rotatable bonds is 5. The largest absolute Gasteiger partial charge is 0.347 e. The summed E-state index contributed by atoms with van der Waals surface area (Å²) in [5.74, 6) is -6.28. The van der Waals surface area contributed by atoms with Crippen LogP contribution < -0.4 is 10.6 Å². The lowest BCUT2D eigenvalue weighted by molar-refractivity contribution is -0.128. The van der Waals surface area contributed by atoms with Gasteiger partial charge in [0.05, 0.1) is 12.2 Å². The SMILES string of the molecule is O=C(CNC(=O)C1CCN(C(=O)c2ccc(Cl)cc2)CC1)Nc1ccc(F)c(F)c1F. The van der Waals surface area contributed by atoms with E-state index < -0.39 is 35.6 Å². The summed E-state index contributed by atoms with van der Waals surface area (Å²) >= 11 is 5.83. The minimum absolute atomic E-state index is 0.150. The van der Waals surface area contributed by atoms with Crippen LogP contribution in [-0.2, 0) is 9.59 Å². The fourth-order valence-electron chi connectivity index (χ4n) is 3.25. The number of carbonyl (C=O) groups excluding carboxylic acids is 3. The Labute approximate surface area is 181 Å². The summed E-state index contributed by atoms with van der Waals surface area (Å²) in [5.41, 5.74) is -0.0133. The Bertz CT molecular complexity index is 993. The third kappa shape index (κ3) is 5.55. The van der Waals surface area contributed by atoms with Gasteiger partial charge in [0.1, 0.15) is 0 Å². The van der Waals surface area contributed by atoms with Crippen LogP contribution in [0, 0.1) is 23.4 Å². The summed E-state index contributed by atoms with van der Waals surface area (Å²) in [7, 11) is 0. The molecule has 1 heterocycles. The second-order valence-corrected chi connectivity index (χ2v) is 7.50. The number of piperidine rings is 1. The van der Waals surface area contributed by atoms with Crippen molar-refractivity contribution in [2.24, 2.45) is 5.92 Å². The molecule has 0 spiro atoms. The smallest absolute Gasteiger partial charge is 0.253 e. The number of amides is 3. The molecule has 10 heteroatoms. The Balaban J connectivity index is 1.45. The van der Waals surface area contributed by atoms with Crippen molar-refractivity contribution in [2.75, 3.05) is 25.0 Å². The molecule has 1 aliphatic heterocycles. The van der Waals surface area contributed by atoms with Gasteiger partial charge in [0.15, 0.2) is 17.5 Å². The number of carbonyl (C=O) groups is 3. The standard InChI is InChI=1S/C21H19ClF3N3O3/c22-14-3-1-13(2-4-14)21(31)28-9-7-12(8-10-28)20(30)26-11-17(29)27-16-6-5-15(23)18(24)19(16)25/h1-6,12H,7-11H2,(H,26,30)(H,27,29). The number of halogens is 4. The number of hydrogen-bond acceptors (Lipinski definition) is 3. The molecule has 0 unspecified atom stereocenters. The first kappa shape index (κ1) is 22.6. The molecule has 6 nitrogen and oxygen atoms in total. The van der Waals surface area contributed by atoms with Crippen LogP contribution >= 0.6 is 11.6 Å². The Kier molecular flexibility index (Phi) is 7.17. The van der Waals surface area contributed by atoms with Crippen LogP contribution in [0.4, 0.5) is 18.9 Å². The summed E-state index contributed by atoms with van der Waals surface area (Å²) in [6.45, 7) is 0.304. The third-order valence-electron chi connectivity index (χ3n) is 4.98. The van der Waals surface area contributed by atoms with Gasteiger partial charge in [-0.1, -0.05) is 11.6 Å². The Morgan fingerprint density at radius 2 is 1.61 bits per heavy atom. The van der Waals surface area contributed by atoms with E-state index in [0.29, 0.717) is 42.6 Å².